The highest BCUT2D eigenvalue weighted by molar-refractivity contribution is 7.99. The van der Waals surface area contributed by atoms with Crippen molar-refractivity contribution in [2.24, 2.45) is 0 Å². The maximum atomic E-state index is 12.5. The van der Waals surface area contributed by atoms with E-state index in [0.29, 0.717) is 43.8 Å². The van der Waals surface area contributed by atoms with E-state index >= 15 is 0 Å². The first kappa shape index (κ1) is 24.4. The number of aromatic nitrogens is 3. The highest BCUT2D eigenvalue weighted by Crippen LogP contribution is 2.26. The van der Waals surface area contributed by atoms with E-state index in [-0.39, 0.29) is 23.6 Å². The standard InChI is InChI=1S/C21H20Cl3N5O2S/c1-3-29-19(12(2)25-20(31)13-4-6-14(22)7-5-13)27-28-21(29)32-11-18(30)26-17-9-8-15(23)10-16(17)24/h4-10,12H,3,11H2,1-2H3,(H,25,31)(H,26,30)/t12-/m1/s1. The van der Waals surface area contributed by atoms with Gasteiger partial charge in [0, 0.05) is 22.2 Å². The van der Waals surface area contributed by atoms with E-state index < -0.39 is 0 Å². The number of carbonyl (C=O) groups is 2. The summed E-state index contributed by atoms with van der Waals surface area (Å²) in [6, 6.07) is 11.1. The van der Waals surface area contributed by atoms with Crippen LogP contribution in [0, 0.1) is 0 Å². The fraction of sp³-hybridized carbons (Fsp3) is 0.238. The van der Waals surface area contributed by atoms with Gasteiger partial charge in [-0.15, -0.1) is 10.2 Å². The van der Waals surface area contributed by atoms with Gasteiger partial charge in [-0.3, -0.25) is 9.59 Å². The molecule has 1 atom stereocenters. The van der Waals surface area contributed by atoms with Crippen molar-refractivity contribution in [3.63, 3.8) is 0 Å². The first-order chi connectivity index (χ1) is 15.3. The van der Waals surface area contributed by atoms with Crippen LogP contribution >= 0.6 is 46.6 Å². The Morgan fingerprint density at radius 2 is 1.75 bits per heavy atom. The molecule has 3 aromatic rings. The third-order valence-electron chi connectivity index (χ3n) is 4.44. The molecule has 0 spiro atoms. The van der Waals surface area contributed by atoms with Gasteiger partial charge in [0.1, 0.15) is 0 Å². The van der Waals surface area contributed by atoms with Gasteiger partial charge in [0.25, 0.3) is 5.91 Å². The average molecular weight is 513 g/mol. The van der Waals surface area contributed by atoms with Gasteiger partial charge in [-0.2, -0.15) is 0 Å². The molecule has 11 heteroatoms. The molecular weight excluding hydrogens is 493 g/mol. The molecular formula is C21H20Cl3N5O2S. The molecule has 0 aliphatic rings. The third-order valence-corrected chi connectivity index (χ3v) is 6.21. The van der Waals surface area contributed by atoms with E-state index in [2.05, 4.69) is 20.8 Å². The number of rotatable bonds is 8. The van der Waals surface area contributed by atoms with Gasteiger partial charge >= 0.3 is 0 Å². The Morgan fingerprint density at radius 1 is 1.06 bits per heavy atom. The molecule has 0 radical (unpaired) electrons. The normalized spacial score (nSPS) is 11.8. The summed E-state index contributed by atoms with van der Waals surface area (Å²) in [5.74, 6) is 0.227. The van der Waals surface area contributed by atoms with Gasteiger partial charge in [0.05, 0.1) is 22.5 Å². The predicted octanol–water partition coefficient (Wildman–Crippen LogP) is 5.48. The Balaban J connectivity index is 1.62. The monoisotopic (exact) mass is 511 g/mol. The molecule has 0 fully saturated rings. The van der Waals surface area contributed by atoms with Crippen molar-refractivity contribution in [3.05, 3.63) is 68.9 Å². The summed E-state index contributed by atoms with van der Waals surface area (Å²) in [7, 11) is 0. The number of benzene rings is 2. The number of hydrogen-bond acceptors (Lipinski definition) is 5. The van der Waals surface area contributed by atoms with Crippen molar-refractivity contribution >= 4 is 64.1 Å². The van der Waals surface area contributed by atoms with Crippen molar-refractivity contribution < 1.29 is 9.59 Å². The number of nitrogens with one attached hydrogen (secondary N) is 2. The molecule has 0 unspecified atom stereocenters. The van der Waals surface area contributed by atoms with E-state index in [0.717, 1.165) is 0 Å². The molecule has 2 N–H and O–H groups in total. The lowest BCUT2D eigenvalue weighted by Gasteiger charge is -2.15. The van der Waals surface area contributed by atoms with Gasteiger partial charge in [-0.05, 0) is 56.3 Å². The van der Waals surface area contributed by atoms with Crippen LogP contribution in [-0.4, -0.2) is 32.3 Å². The zero-order valence-electron chi connectivity index (χ0n) is 17.2. The maximum absolute atomic E-state index is 12.5. The van der Waals surface area contributed by atoms with E-state index in [1.54, 1.807) is 42.5 Å². The van der Waals surface area contributed by atoms with Crippen LogP contribution in [0.5, 0.6) is 0 Å². The minimum atomic E-state index is -0.387. The second kappa shape index (κ2) is 11.0. The Hall–Kier alpha value is -2.26. The molecule has 0 saturated heterocycles. The predicted molar refractivity (Wildman–Crippen MR) is 129 cm³/mol. The zero-order valence-corrected chi connectivity index (χ0v) is 20.3. The van der Waals surface area contributed by atoms with Crippen LogP contribution in [0.4, 0.5) is 5.69 Å². The van der Waals surface area contributed by atoms with Crippen LogP contribution in [-0.2, 0) is 11.3 Å². The Kier molecular flexibility index (Phi) is 8.42. The molecule has 168 valence electrons. The second-order valence-corrected chi connectivity index (χ2v) is 8.97. The van der Waals surface area contributed by atoms with Crippen LogP contribution in [0.3, 0.4) is 0 Å². The van der Waals surface area contributed by atoms with Gasteiger partial charge in [-0.25, -0.2) is 0 Å². The Bertz CT molecular complexity index is 1120. The highest BCUT2D eigenvalue weighted by Gasteiger charge is 2.20. The molecule has 3 rings (SSSR count). The molecule has 0 aliphatic carbocycles. The van der Waals surface area contributed by atoms with Gasteiger partial charge in [0.15, 0.2) is 11.0 Å². The van der Waals surface area contributed by atoms with Gasteiger partial charge in [-0.1, -0.05) is 46.6 Å². The molecule has 0 bridgehead atoms. The number of anilines is 1. The number of nitrogens with zero attached hydrogens (tertiary/aromatic N) is 3. The lowest BCUT2D eigenvalue weighted by atomic mass is 10.2. The lowest BCUT2D eigenvalue weighted by Crippen LogP contribution is -2.28. The molecule has 7 nitrogen and oxygen atoms in total. The fourth-order valence-corrected chi connectivity index (χ4v) is 4.27. The van der Waals surface area contributed by atoms with Gasteiger partial charge < -0.3 is 15.2 Å². The van der Waals surface area contributed by atoms with E-state index in [4.69, 9.17) is 34.8 Å². The summed E-state index contributed by atoms with van der Waals surface area (Å²) in [5.41, 5.74) is 0.980. The van der Waals surface area contributed by atoms with Crippen molar-refractivity contribution in [2.45, 2.75) is 31.6 Å². The highest BCUT2D eigenvalue weighted by atomic mass is 35.5. The van der Waals surface area contributed by atoms with Crippen molar-refractivity contribution in [1.82, 2.24) is 20.1 Å². The largest absolute Gasteiger partial charge is 0.342 e. The van der Waals surface area contributed by atoms with E-state index in [9.17, 15) is 9.59 Å². The minimum Gasteiger partial charge on any atom is -0.342 e. The topological polar surface area (TPSA) is 88.9 Å². The third kappa shape index (κ3) is 6.16. The number of hydrogen-bond donors (Lipinski definition) is 2. The molecule has 1 heterocycles. The summed E-state index contributed by atoms with van der Waals surface area (Å²) < 4.78 is 1.86. The van der Waals surface area contributed by atoms with Crippen LogP contribution in [0.15, 0.2) is 47.6 Å². The molecule has 1 aromatic heterocycles. The summed E-state index contributed by atoms with van der Waals surface area (Å²) in [5, 5.41) is 16.1. The summed E-state index contributed by atoms with van der Waals surface area (Å²) in [6.07, 6.45) is 0. The van der Waals surface area contributed by atoms with Crippen LogP contribution in [0.2, 0.25) is 15.1 Å². The van der Waals surface area contributed by atoms with Crippen LogP contribution in [0.1, 0.15) is 36.1 Å². The molecule has 2 amide bonds. The number of halogens is 3. The van der Waals surface area contributed by atoms with Crippen LogP contribution in [0.25, 0.3) is 0 Å². The quantitative estimate of drug-likeness (QED) is 0.390. The number of amides is 2. The SMILES string of the molecule is CCn1c(SCC(=O)Nc2ccc(Cl)cc2Cl)nnc1[C@@H](C)NC(=O)c1ccc(Cl)cc1. The average Bonchev–Trinajstić information content (AvgIpc) is 3.17. The van der Waals surface area contributed by atoms with E-state index in [1.807, 2.05) is 18.4 Å². The summed E-state index contributed by atoms with van der Waals surface area (Å²) in [4.78, 5) is 24.8. The molecule has 0 saturated carbocycles. The molecule has 32 heavy (non-hydrogen) atoms. The Morgan fingerprint density at radius 3 is 2.41 bits per heavy atom. The summed E-state index contributed by atoms with van der Waals surface area (Å²) in [6.45, 7) is 4.35. The molecule has 2 aromatic carbocycles. The summed E-state index contributed by atoms with van der Waals surface area (Å²) >= 11 is 19.1. The Labute approximate surface area is 204 Å². The lowest BCUT2D eigenvalue weighted by molar-refractivity contribution is -0.113. The minimum absolute atomic E-state index is 0.114. The van der Waals surface area contributed by atoms with E-state index in [1.165, 1.54) is 11.8 Å². The molecule has 0 aliphatic heterocycles. The van der Waals surface area contributed by atoms with Gasteiger partial charge in [0.2, 0.25) is 5.91 Å². The maximum Gasteiger partial charge on any atom is 0.251 e. The number of carbonyl (C=O) groups excluding carboxylic acids is 2. The first-order valence-corrected chi connectivity index (χ1v) is 11.8. The van der Waals surface area contributed by atoms with Crippen molar-refractivity contribution in [1.29, 1.82) is 0 Å². The van der Waals surface area contributed by atoms with Crippen molar-refractivity contribution in [2.75, 3.05) is 11.1 Å². The van der Waals surface area contributed by atoms with Crippen molar-refractivity contribution in [3.8, 4) is 0 Å². The second-order valence-electron chi connectivity index (χ2n) is 6.75. The van der Waals surface area contributed by atoms with Crippen LogP contribution < -0.4 is 10.6 Å². The smallest absolute Gasteiger partial charge is 0.251 e. The first-order valence-electron chi connectivity index (χ1n) is 9.65. The number of thioether (sulfide) groups is 1. The zero-order chi connectivity index (χ0) is 23.3. The fourth-order valence-electron chi connectivity index (χ4n) is 2.88.